The summed E-state index contributed by atoms with van der Waals surface area (Å²) in [6.45, 7) is 1.02. The van der Waals surface area contributed by atoms with Gasteiger partial charge in [-0.25, -0.2) is 4.39 Å². The van der Waals surface area contributed by atoms with Gasteiger partial charge >= 0.3 is 0 Å². The number of hydrogen-bond acceptors (Lipinski definition) is 1. The molecule has 1 fully saturated rings. The van der Waals surface area contributed by atoms with Crippen molar-refractivity contribution in [2.45, 2.75) is 19.4 Å². The van der Waals surface area contributed by atoms with Crippen molar-refractivity contribution in [3.05, 3.63) is 36.3 Å². The Bertz CT molecular complexity index is 586. The molecule has 1 saturated carbocycles. The molecule has 3 rings (SSSR count). The summed E-state index contributed by atoms with van der Waals surface area (Å²) in [6, 6.07) is 6.63. The van der Waals surface area contributed by atoms with E-state index < -0.39 is 0 Å². The standard InChI is InChI=1S/C14H15FN2O/c15-12-2-1-3-13-11(12)6-7-17(13)9-14(18)16-8-10-4-5-10/h1-3,6-7,10H,4-5,8-9H2,(H,16,18). The number of nitrogens with zero attached hydrogens (tertiary/aromatic N) is 1. The minimum absolute atomic E-state index is 0.0105. The van der Waals surface area contributed by atoms with Gasteiger partial charge < -0.3 is 9.88 Å². The molecule has 1 aliphatic rings. The fourth-order valence-corrected chi connectivity index (χ4v) is 2.11. The third-order valence-electron chi connectivity index (χ3n) is 3.36. The van der Waals surface area contributed by atoms with E-state index in [1.165, 1.54) is 18.9 Å². The number of hydrogen-bond donors (Lipinski definition) is 1. The third kappa shape index (κ3) is 2.23. The van der Waals surface area contributed by atoms with E-state index in [1.54, 1.807) is 22.9 Å². The number of carbonyl (C=O) groups is 1. The van der Waals surface area contributed by atoms with Gasteiger partial charge in [-0.05, 0) is 37.0 Å². The predicted octanol–water partition coefficient (Wildman–Crippen LogP) is 2.31. The molecule has 1 amide bonds. The first kappa shape index (κ1) is 11.3. The van der Waals surface area contributed by atoms with Crippen molar-refractivity contribution in [2.75, 3.05) is 6.54 Å². The summed E-state index contributed by atoms with van der Waals surface area (Å²) in [7, 11) is 0. The Balaban J connectivity index is 1.73. The van der Waals surface area contributed by atoms with Crippen molar-refractivity contribution in [2.24, 2.45) is 5.92 Å². The molecule has 2 aromatic rings. The first-order chi connectivity index (χ1) is 8.74. The zero-order valence-electron chi connectivity index (χ0n) is 10.0. The number of fused-ring (bicyclic) bond motifs is 1. The fourth-order valence-electron chi connectivity index (χ4n) is 2.11. The number of amides is 1. The van der Waals surface area contributed by atoms with E-state index >= 15 is 0 Å². The maximum Gasteiger partial charge on any atom is 0.239 e. The highest BCUT2D eigenvalue weighted by Gasteiger charge is 2.21. The van der Waals surface area contributed by atoms with Gasteiger partial charge in [0.15, 0.2) is 0 Å². The first-order valence-corrected chi connectivity index (χ1v) is 6.24. The van der Waals surface area contributed by atoms with Gasteiger partial charge in [-0.15, -0.1) is 0 Å². The lowest BCUT2D eigenvalue weighted by Gasteiger charge is -2.06. The van der Waals surface area contributed by atoms with Crippen LogP contribution in [0.4, 0.5) is 4.39 Å². The quantitative estimate of drug-likeness (QED) is 0.882. The predicted molar refractivity (Wildman–Crippen MR) is 67.6 cm³/mol. The second kappa shape index (κ2) is 4.44. The second-order valence-electron chi connectivity index (χ2n) is 4.86. The van der Waals surface area contributed by atoms with Crippen LogP contribution in [0.2, 0.25) is 0 Å². The van der Waals surface area contributed by atoms with Gasteiger partial charge in [0.25, 0.3) is 0 Å². The first-order valence-electron chi connectivity index (χ1n) is 6.24. The highest BCUT2D eigenvalue weighted by Crippen LogP contribution is 2.27. The van der Waals surface area contributed by atoms with Gasteiger partial charge in [0.1, 0.15) is 12.4 Å². The summed E-state index contributed by atoms with van der Waals surface area (Å²) in [5.74, 6) is 0.418. The topological polar surface area (TPSA) is 34.0 Å². The summed E-state index contributed by atoms with van der Waals surface area (Å²) >= 11 is 0. The van der Waals surface area contributed by atoms with E-state index in [0.717, 1.165) is 12.1 Å². The van der Waals surface area contributed by atoms with Crippen LogP contribution in [0.5, 0.6) is 0 Å². The molecule has 0 spiro atoms. The molecule has 0 saturated heterocycles. The Labute approximate surface area is 105 Å². The van der Waals surface area contributed by atoms with Crippen LogP contribution in [0.25, 0.3) is 10.9 Å². The van der Waals surface area contributed by atoms with Crippen molar-refractivity contribution < 1.29 is 9.18 Å². The molecule has 0 radical (unpaired) electrons. The van der Waals surface area contributed by atoms with E-state index in [9.17, 15) is 9.18 Å². The molecule has 4 heteroatoms. The van der Waals surface area contributed by atoms with Crippen LogP contribution in [-0.4, -0.2) is 17.0 Å². The molecular weight excluding hydrogens is 231 g/mol. The van der Waals surface area contributed by atoms with Crippen LogP contribution < -0.4 is 5.32 Å². The summed E-state index contributed by atoms with van der Waals surface area (Å²) < 4.78 is 15.3. The van der Waals surface area contributed by atoms with Gasteiger partial charge in [-0.2, -0.15) is 0 Å². The minimum atomic E-state index is -0.246. The molecule has 0 bridgehead atoms. The zero-order chi connectivity index (χ0) is 12.5. The number of aromatic nitrogens is 1. The Morgan fingerprint density at radius 2 is 2.22 bits per heavy atom. The Morgan fingerprint density at radius 1 is 1.39 bits per heavy atom. The summed E-state index contributed by atoms with van der Waals surface area (Å²) in [5, 5.41) is 3.47. The van der Waals surface area contributed by atoms with Crippen LogP contribution in [0.3, 0.4) is 0 Å². The smallest absolute Gasteiger partial charge is 0.239 e. The molecule has 1 aliphatic carbocycles. The third-order valence-corrected chi connectivity index (χ3v) is 3.36. The number of benzene rings is 1. The Morgan fingerprint density at radius 3 is 3.00 bits per heavy atom. The van der Waals surface area contributed by atoms with E-state index in [1.807, 2.05) is 6.07 Å². The van der Waals surface area contributed by atoms with Crippen LogP contribution in [0, 0.1) is 11.7 Å². The molecule has 0 unspecified atom stereocenters. The highest BCUT2D eigenvalue weighted by atomic mass is 19.1. The lowest BCUT2D eigenvalue weighted by Crippen LogP contribution is -2.29. The molecule has 94 valence electrons. The lowest BCUT2D eigenvalue weighted by atomic mass is 10.2. The van der Waals surface area contributed by atoms with Crippen molar-refractivity contribution in [1.29, 1.82) is 0 Å². The SMILES string of the molecule is O=C(Cn1ccc2c(F)cccc21)NCC1CC1. The number of halogens is 1. The normalized spacial score (nSPS) is 14.9. The maximum atomic E-state index is 13.5. The Hall–Kier alpha value is -1.84. The number of rotatable bonds is 4. The van der Waals surface area contributed by atoms with Crippen molar-refractivity contribution >= 4 is 16.8 Å². The van der Waals surface area contributed by atoms with E-state index in [0.29, 0.717) is 11.3 Å². The lowest BCUT2D eigenvalue weighted by molar-refractivity contribution is -0.121. The minimum Gasteiger partial charge on any atom is -0.354 e. The molecule has 3 nitrogen and oxygen atoms in total. The van der Waals surface area contributed by atoms with Crippen LogP contribution >= 0.6 is 0 Å². The van der Waals surface area contributed by atoms with E-state index in [2.05, 4.69) is 5.32 Å². The van der Waals surface area contributed by atoms with E-state index in [-0.39, 0.29) is 18.3 Å². The summed E-state index contributed by atoms with van der Waals surface area (Å²) in [6.07, 6.45) is 4.19. The number of nitrogens with one attached hydrogen (secondary N) is 1. The molecule has 1 N–H and O–H groups in total. The average molecular weight is 246 g/mol. The Kier molecular flexibility index (Phi) is 2.78. The van der Waals surface area contributed by atoms with Crippen LogP contribution in [0.15, 0.2) is 30.5 Å². The summed E-state index contributed by atoms with van der Waals surface area (Å²) in [5.41, 5.74) is 0.761. The molecular formula is C14H15FN2O. The molecule has 0 aliphatic heterocycles. The zero-order valence-corrected chi connectivity index (χ0v) is 10.0. The van der Waals surface area contributed by atoms with Crippen molar-refractivity contribution in [3.8, 4) is 0 Å². The van der Waals surface area contributed by atoms with Crippen molar-refractivity contribution in [3.63, 3.8) is 0 Å². The van der Waals surface area contributed by atoms with Gasteiger partial charge in [-0.1, -0.05) is 6.07 Å². The molecule has 0 atom stereocenters. The second-order valence-corrected chi connectivity index (χ2v) is 4.86. The van der Waals surface area contributed by atoms with Crippen LogP contribution in [-0.2, 0) is 11.3 Å². The molecule has 1 aromatic carbocycles. The van der Waals surface area contributed by atoms with Gasteiger partial charge in [0, 0.05) is 18.1 Å². The molecule has 1 aromatic heterocycles. The van der Waals surface area contributed by atoms with Gasteiger partial charge in [0.05, 0.1) is 5.52 Å². The fraction of sp³-hybridized carbons (Fsp3) is 0.357. The average Bonchev–Trinajstić information content (AvgIpc) is 3.10. The maximum absolute atomic E-state index is 13.5. The van der Waals surface area contributed by atoms with Gasteiger partial charge in [0.2, 0.25) is 5.91 Å². The van der Waals surface area contributed by atoms with Crippen molar-refractivity contribution in [1.82, 2.24) is 9.88 Å². The largest absolute Gasteiger partial charge is 0.354 e. The summed E-state index contributed by atoms with van der Waals surface area (Å²) in [4.78, 5) is 11.7. The van der Waals surface area contributed by atoms with Crippen LogP contribution in [0.1, 0.15) is 12.8 Å². The molecule has 1 heterocycles. The monoisotopic (exact) mass is 246 g/mol. The highest BCUT2D eigenvalue weighted by molar-refractivity contribution is 5.83. The molecule has 18 heavy (non-hydrogen) atoms. The van der Waals surface area contributed by atoms with Gasteiger partial charge in [-0.3, -0.25) is 4.79 Å². The van der Waals surface area contributed by atoms with E-state index in [4.69, 9.17) is 0 Å². The number of carbonyl (C=O) groups excluding carboxylic acids is 1.